The maximum Gasteiger partial charge on any atom is 0.206 e. The monoisotopic (exact) mass is 188 g/mol. The van der Waals surface area contributed by atoms with Gasteiger partial charge in [0.05, 0.1) is 11.4 Å². The molecular weight excluding hydrogens is 180 g/mol. The number of aryl methyl sites for hydroxylation is 2. The molecule has 1 aliphatic rings. The minimum absolute atomic E-state index is 0.167. The minimum Gasteiger partial charge on any atom is -0.287 e. The molecule has 0 saturated carbocycles. The van der Waals surface area contributed by atoms with Crippen molar-refractivity contribution in [2.45, 2.75) is 13.8 Å². The molecule has 0 amide bonds. The second-order valence-corrected chi connectivity index (χ2v) is 3.15. The molecule has 0 aliphatic heterocycles. The van der Waals surface area contributed by atoms with Crippen molar-refractivity contribution >= 4 is 11.6 Å². The van der Waals surface area contributed by atoms with E-state index in [9.17, 15) is 9.59 Å². The van der Waals surface area contributed by atoms with E-state index in [0.29, 0.717) is 11.4 Å². The number of rotatable bonds is 0. The number of fused-ring (bicyclic) bond motifs is 1. The molecule has 0 aromatic carbocycles. The van der Waals surface area contributed by atoms with Gasteiger partial charge in [-0.25, -0.2) is 9.97 Å². The van der Waals surface area contributed by atoms with E-state index in [1.807, 2.05) is 0 Å². The summed E-state index contributed by atoms with van der Waals surface area (Å²) < 4.78 is 0. The van der Waals surface area contributed by atoms with Crippen molar-refractivity contribution in [2.75, 3.05) is 0 Å². The number of allylic oxidation sites excluding steroid dienone is 2. The largest absolute Gasteiger partial charge is 0.287 e. The molecule has 2 rings (SSSR count). The average Bonchev–Trinajstić information content (AvgIpc) is 2.15. The summed E-state index contributed by atoms with van der Waals surface area (Å²) in [5.74, 6) is -0.509. The van der Waals surface area contributed by atoms with Crippen molar-refractivity contribution in [2.24, 2.45) is 0 Å². The van der Waals surface area contributed by atoms with E-state index < -0.39 is 0 Å². The highest BCUT2D eigenvalue weighted by molar-refractivity contribution is 6.20. The fourth-order valence-electron chi connectivity index (χ4n) is 1.26. The van der Waals surface area contributed by atoms with Gasteiger partial charge in [-0.05, 0) is 26.0 Å². The van der Waals surface area contributed by atoms with E-state index in [4.69, 9.17) is 0 Å². The van der Waals surface area contributed by atoms with Crippen LogP contribution in [0.1, 0.15) is 32.4 Å². The lowest BCUT2D eigenvalue weighted by atomic mass is 10.0. The molecule has 4 nitrogen and oxygen atoms in total. The molecule has 14 heavy (non-hydrogen) atoms. The number of hydrogen-bond acceptors (Lipinski definition) is 4. The van der Waals surface area contributed by atoms with Gasteiger partial charge in [0.15, 0.2) is 0 Å². The number of carbonyl (C=O) groups is 2. The highest BCUT2D eigenvalue weighted by Crippen LogP contribution is 2.14. The quantitative estimate of drug-likeness (QED) is 0.610. The first-order chi connectivity index (χ1) is 6.59. The smallest absolute Gasteiger partial charge is 0.206 e. The first kappa shape index (κ1) is 8.74. The Bertz CT molecular complexity index is 432. The second kappa shape index (κ2) is 2.83. The molecule has 0 spiro atoms. The second-order valence-electron chi connectivity index (χ2n) is 3.15. The summed E-state index contributed by atoms with van der Waals surface area (Å²) in [7, 11) is 0. The zero-order chi connectivity index (χ0) is 10.3. The van der Waals surface area contributed by atoms with Crippen LogP contribution in [0.3, 0.4) is 0 Å². The van der Waals surface area contributed by atoms with E-state index in [0.717, 1.165) is 0 Å². The van der Waals surface area contributed by atoms with Crippen LogP contribution in [0.4, 0.5) is 0 Å². The Labute approximate surface area is 80.7 Å². The predicted octanol–water partition coefficient (Wildman–Crippen LogP) is 1.03. The third-order valence-electron chi connectivity index (χ3n) is 2.16. The molecular formula is C10H8N2O2. The fraction of sp³-hybridized carbons (Fsp3) is 0.200. The van der Waals surface area contributed by atoms with E-state index in [1.165, 1.54) is 12.2 Å². The predicted molar refractivity (Wildman–Crippen MR) is 49.3 cm³/mol. The van der Waals surface area contributed by atoms with Gasteiger partial charge < -0.3 is 0 Å². The van der Waals surface area contributed by atoms with E-state index in [1.54, 1.807) is 13.8 Å². The summed E-state index contributed by atoms with van der Waals surface area (Å²) in [6.45, 7) is 3.53. The topological polar surface area (TPSA) is 59.9 Å². The lowest BCUT2D eigenvalue weighted by Gasteiger charge is -2.09. The van der Waals surface area contributed by atoms with Gasteiger partial charge in [0.2, 0.25) is 11.6 Å². The highest BCUT2D eigenvalue weighted by atomic mass is 16.1. The number of ketones is 2. The van der Waals surface area contributed by atoms with Gasteiger partial charge in [-0.2, -0.15) is 0 Å². The van der Waals surface area contributed by atoms with Gasteiger partial charge >= 0.3 is 0 Å². The van der Waals surface area contributed by atoms with Crippen LogP contribution in [0.15, 0.2) is 12.2 Å². The van der Waals surface area contributed by atoms with Crippen LogP contribution in [0.2, 0.25) is 0 Å². The zero-order valence-corrected chi connectivity index (χ0v) is 7.87. The maximum atomic E-state index is 11.4. The Morgan fingerprint density at radius 1 is 0.857 bits per heavy atom. The van der Waals surface area contributed by atoms with Gasteiger partial charge in [-0.15, -0.1) is 0 Å². The van der Waals surface area contributed by atoms with Gasteiger partial charge in [-0.3, -0.25) is 9.59 Å². The lowest BCUT2D eigenvalue weighted by Crippen LogP contribution is -2.17. The Kier molecular flexibility index (Phi) is 1.77. The fourth-order valence-corrected chi connectivity index (χ4v) is 1.26. The molecule has 70 valence electrons. The standard InChI is InChI=1S/C10H8N2O2/c1-5-6(2)12-10-8(14)4-3-7(13)9(10)11-5/h3-4H,1-2H3. The summed E-state index contributed by atoms with van der Waals surface area (Å²) in [5.41, 5.74) is 1.70. The Morgan fingerprint density at radius 2 is 1.21 bits per heavy atom. The number of hydrogen-bond donors (Lipinski definition) is 0. The minimum atomic E-state index is -0.254. The normalized spacial score (nSPS) is 14.4. The van der Waals surface area contributed by atoms with Gasteiger partial charge in [-0.1, -0.05) is 0 Å². The van der Waals surface area contributed by atoms with E-state index in [-0.39, 0.29) is 23.0 Å². The molecule has 1 aliphatic carbocycles. The highest BCUT2D eigenvalue weighted by Gasteiger charge is 2.22. The first-order valence-corrected chi connectivity index (χ1v) is 4.21. The zero-order valence-electron chi connectivity index (χ0n) is 7.87. The van der Waals surface area contributed by atoms with Crippen LogP contribution in [0.5, 0.6) is 0 Å². The summed E-state index contributed by atoms with van der Waals surface area (Å²) in [6.07, 6.45) is 2.46. The summed E-state index contributed by atoms with van der Waals surface area (Å²) in [5, 5.41) is 0. The summed E-state index contributed by atoms with van der Waals surface area (Å²) in [4.78, 5) is 30.8. The Morgan fingerprint density at radius 3 is 1.57 bits per heavy atom. The van der Waals surface area contributed by atoms with Gasteiger partial charge in [0, 0.05) is 0 Å². The van der Waals surface area contributed by atoms with Crippen LogP contribution in [-0.2, 0) is 0 Å². The molecule has 1 aromatic heterocycles. The Balaban J connectivity index is 2.73. The number of nitrogens with zero attached hydrogens (tertiary/aromatic N) is 2. The molecule has 0 radical (unpaired) electrons. The number of carbonyl (C=O) groups excluding carboxylic acids is 2. The number of aromatic nitrogens is 2. The first-order valence-electron chi connectivity index (χ1n) is 4.21. The molecule has 1 aromatic rings. The van der Waals surface area contributed by atoms with Crippen LogP contribution in [-0.4, -0.2) is 21.5 Å². The van der Waals surface area contributed by atoms with E-state index >= 15 is 0 Å². The van der Waals surface area contributed by atoms with Crippen molar-refractivity contribution in [1.29, 1.82) is 0 Å². The molecule has 1 heterocycles. The van der Waals surface area contributed by atoms with Crippen molar-refractivity contribution in [3.63, 3.8) is 0 Å². The van der Waals surface area contributed by atoms with Gasteiger partial charge in [0.1, 0.15) is 11.4 Å². The third kappa shape index (κ3) is 1.16. The van der Waals surface area contributed by atoms with Crippen LogP contribution >= 0.6 is 0 Å². The van der Waals surface area contributed by atoms with E-state index in [2.05, 4.69) is 9.97 Å². The van der Waals surface area contributed by atoms with Crippen molar-refractivity contribution in [1.82, 2.24) is 9.97 Å². The summed E-state index contributed by atoms with van der Waals surface area (Å²) >= 11 is 0. The summed E-state index contributed by atoms with van der Waals surface area (Å²) in [6, 6.07) is 0. The molecule has 0 bridgehead atoms. The van der Waals surface area contributed by atoms with Crippen LogP contribution < -0.4 is 0 Å². The molecule has 0 fully saturated rings. The molecule has 4 heteroatoms. The van der Waals surface area contributed by atoms with Crippen molar-refractivity contribution in [3.05, 3.63) is 34.9 Å². The molecule has 0 atom stereocenters. The molecule has 0 saturated heterocycles. The molecule has 0 N–H and O–H groups in total. The van der Waals surface area contributed by atoms with Crippen LogP contribution in [0.25, 0.3) is 0 Å². The SMILES string of the molecule is Cc1nc2c(nc1C)C(=O)C=CC2=O. The van der Waals surface area contributed by atoms with Crippen LogP contribution in [0, 0.1) is 13.8 Å². The van der Waals surface area contributed by atoms with Crippen molar-refractivity contribution < 1.29 is 9.59 Å². The van der Waals surface area contributed by atoms with Crippen molar-refractivity contribution in [3.8, 4) is 0 Å². The molecule has 0 unspecified atom stereocenters. The Hall–Kier alpha value is -1.84. The third-order valence-corrected chi connectivity index (χ3v) is 2.16. The maximum absolute atomic E-state index is 11.4. The average molecular weight is 188 g/mol. The van der Waals surface area contributed by atoms with Gasteiger partial charge in [0.25, 0.3) is 0 Å². The lowest BCUT2D eigenvalue weighted by molar-refractivity contribution is 0.0986.